The topological polar surface area (TPSA) is 46.2 Å². The maximum atomic E-state index is 6.23. The summed E-state index contributed by atoms with van der Waals surface area (Å²) in [5.41, 5.74) is 2.23. The summed E-state index contributed by atoms with van der Waals surface area (Å²) in [6.45, 7) is 1.48. The Labute approximate surface area is 153 Å². The van der Waals surface area contributed by atoms with Crippen molar-refractivity contribution in [3.8, 4) is 0 Å². The minimum atomic E-state index is -0.420. The molecule has 2 heterocycles. The van der Waals surface area contributed by atoms with Crippen LogP contribution in [0, 0.1) is 0 Å². The Morgan fingerprint density at radius 3 is 2.00 bits per heavy atom. The number of hydrogen-bond donors (Lipinski definition) is 0. The number of hydrogen-bond acceptors (Lipinski definition) is 5. The molecule has 0 aliphatic carbocycles. The normalized spacial score (nSPS) is 30.4. The number of benzene rings is 2. The minimum absolute atomic E-state index is 0.155. The summed E-state index contributed by atoms with van der Waals surface area (Å²) in [5.74, 6) is 0. The molecule has 138 valence electrons. The fourth-order valence-electron chi connectivity index (χ4n) is 3.47. The van der Waals surface area contributed by atoms with Gasteiger partial charge in [0.2, 0.25) is 0 Å². The molecule has 0 saturated carbocycles. The number of rotatable bonds is 7. The van der Waals surface area contributed by atoms with Crippen LogP contribution in [0.2, 0.25) is 0 Å². The third-order valence-corrected chi connectivity index (χ3v) is 4.87. The Morgan fingerprint density at radius 1 is 0.846 bits per heavy atom. The van der Waals surface area contributed by atoms with E-state index in [4.69, 9.17) is 23.7 Å². The largest absolute Gasteiger partial charge is 0.376 e. The highest BCUT2D eigenvalue weighted by atomic mass is 16.7. The van der Waals surface area contributed by atoms with E-state index < -0.39 is 6.29 Å². The molecule has 5 nitrogen and oxygen atoms in total. The van der Waals surface area contributed by atoms with Crippen LogP contribution in [0.15, 0.2) is 60.7 Å². The Hall–Kier alpha value is -1.76. The Bertz CT molecular complexity index is 677. The Balaban J connectivity index is 1.46. The molecule has 0 spiro atoms. The van der Waals surface area contributed by atoms with Crippen LogP contribution in [0.5, 0.6) is 0 Å². The van der Waals surface area contributed by atoms with E-state index in [9.17, 15) is 0 Å². The number of ether oxygens (including phenoxy) is 5. The maximum absolute atomic E-state index is 6.23. The Kier molecular flexibility index (Phi) is 5.62. The van der Waals surface area contributed by atoms with Gasteiger partial charge in [-0.25, -0.2) is 0 Å². The monoisotopic (exact) mass is 356 g/mol. The van der Waals surface area contributed by atoms with Gasteiger partial charge in [0.05, 0.1) is 19.8 Å². The predicted octanol–water partition coefficient (Wildman–Crippen LogP) is 2.93. The highest BCUT2D eigenvalue weighted by Crippen LogP contribution is 2.35. The fraction of sp³-hybridized carbons (Fsp3) is 0.429. The molecule has 0 N–H and O–H groups in total. The van der Waals surface area contributed by atoms with Crippen molar-refractivity contribution in [2.45, 2.75) is 43.9 Å². The molecule has 2 aromatic rings. The van der Waals surface area contributed by atoms with E-state index in [-0.39, 0.29) is 24.4 Å². The molecule has 26 heavy (non-hydrogen) atoms. The second-order valence-electron chi connectivity index (χ2n) is 6.60. The quantitative estimate of drug-likeness (QED) is 0.763. The van der Waals surface area contributed by atoms with E-state index in [0.29, 0.717) is 19.8 Å². The molecule has 0 radical (unpaired) electrons. The van der Waals surface area contributed by atoms with Crippen molar-refractivity contribution in [3.63, 3.8) is 0 Å². The highest BCUT2D eigenvalue weighted by molar-refractivity contribution is 5.14. The van der Waals surface area contributed by atoms with Crippen LogP contribution in [-0.4, -0.2) is 44.4 Å². The molecular formula is C21H24O5. The van der Waals surface area contributed by atoms with Gasteiger partial charge in [-0.1, -0.05) is 60.7 Å². The number of fused-ring (bicyclic) bond motifs is 2. The van der Waals surface area contributed by atoms with Crippen molar-refractivity contribution in [2.24, 2.45) is 0 Å². The summed E-state index contributed by atoms with van der Waals surface area (Å²) < 4.78 is 29.7. The first-order valence-corrected chi connectivity index (χ1v) is 8.96. The predicted molar refractivity (Wildman–Crippen MR) is 95.4 cm³/mol. The van der Waals surface area contributed by atoms with Crippen molar-refractivity contribution in [1.29, 1.82) is 0 Å². The van der Waals surface area contributed by atoms with Gasteiger partial charge < -0.3 is 23.7 Å². The van der Waals surface area contributed by atoms with Gasteiger partial charge in [0, 0.05) is 7.11 Å². The summed E-state index contributed by atoms with van der Waals surface area (Å²) >= 11 is 0. The van der Waals surface area contributed by atoms with Crippen LogP contribution in [0.1, 0.15) is 11.1 Å². The van der Waals surface area contributed by atoms with Crippen molar-refractivity contribution < 1.29 is 23.7 Å². The third kappa shape index (κ3) is 3.82. The van der Waals surface area contributed by atoms with Crippen molar-refractivity contribution >= 4 is 0 Å². The molecule has 5 heteroatoms. The van der Waals surface area contributed by atoms with Crippen LogP contribution in [0.4, 0.5) is 0 Å². The van der Waals surface area contributed by atoms with E-state index in [1.165, 1.54) is 0 Å². The van der Waals surface area contributed by atoms with Gasteiger partial charge in [-0.2, -0.15) is 0 Å². The lowest BCUT2D eigenvalue weighted by molar-refractivity contribution is -0.243. The molecule has 0 amide bonds. The van der Waals surface area contributed by atoms with E-state index in [0.717, 1.165) is 11.1 Å². The summed E-state index contributed by atoms with van der Waals surface area (Å²) in [7, 11) is 1.67. The molecule has 2 aromatic carbocycles. The average Bonchev–Trinajstić information content (AvgIpc) is 2.98. The van der Waals surface area contributed by atoms with Gasteiger partial charge in [0.15, 0.2) is 6.29 Å². The molecule has 5 atom stereocenters. The van der Waals surface area contributed by atoms with Crippen LogP contribution in [0.3, 0.4) is 0 Å². The SMILES string of the molecule is CO[C@@H]1CO[C@H]2O[C@@H]1[C@H](OCc1ccccc1)[C@H]2OCc1ccccc1. The van der Waals surface area contributed by atoms with Crippen molar-refractivity contribution in [3.05, 3.63) is 71.8 Å². The van der Waals surface area contributed by atoms with Crippen LogP contribution in [0.25, 0.3) is 0 Å². The first-order chi connectivity index (χ1) is 12.8. The maximum Gasteiger partial charge on any atom is 0.187 e. The van der Waals surface area contributed by atoms with E-state index in [1.54, 1.807) is 7.11 Å². The summed E-state index contributed by atoms with van der Waals surface area (Å²) in [6.07, 6.45) is -1.29. The van der Waals surface area contributed by atoms with E-state index in [1.807, 2.05) is 60.7 Å². The molecule has 4 rings (SSSR count). The first-order valence-electron chi connectivity index (χ1n) is 8.96. The van der Waals surface area contributed by atoms with Gasteiger partial charge >= 0.3 is 0 Å². The summed E-state index contributed by atoms with van der Waals surface area (Å²) in [5, 5.41) is 0. The zero-order valence-corrected chi connectivity index (χ0v) is 14.8. The lowest BCUT2D eigenvalue weighted by Crippen LogP contribution is -2.43. The first kappa shape index (κ1) is 17.6. The highest BCUT2D eigenvalue weighted by Gasteiger charge is 2.53. The zero-order chi connectivity index (χ0) is 17.8. The molecule has 2 bridgehead atoms. The molecule has 2 fully saturated rings. The van der Waals surface area contributed by atoms with Crippen LogP contribution >= 0.6 is 0 Å². The van der Waals surface area contributed by atoms with E-state index >= 15 is 0 Å². The van der Waals surface area contributed by atoms with E-state index in [2.05, 4.69) is 0 Å². The lowest BCUT2D eigenvalue weighted by atomic mass is 10.1. The fourth-order valence-corrected chi connectivity index (χ4v) is 3.47. The van der Waals surface area contributed by atoms with Gasteiger partial charge in [0.25, 0.3) is 0 Å². The molecule has 2 saturated heterocycles. The van der Waals surface area contributed by atoms with Crippen molar-refractivity contribution in [2.75, 3.05) is 13.7 Å². The Morgan fingerprint density at radius 2 is 1.42 bits per heavy atom. The minimum Gasteiger partial charge on any atom is -0.376 e. The molecule has 0 aromatic heterocycles. The van der Waals surface area contributed by atoms with Gasteiger partial charge in [-0.15, -0.1) is 0 Å². The summed E-state index contributed by atoms with van der Waals surface area (Å²) in [4.78, 5) is 0. The van der Waals surface area contributed by atoms with Crippen molar-refractivity contribution in [1.82, 2.24) is 0 Å². The second-order valence-corrected chi connectivity index (χ2v) is 6.60. The average molecular weight is 356 g/mol. The standard InChI is InChI=1S/C21H24O5/c1-22-17-14-25-21-20(24-13-16-10-6-3-7-11-16)19(18(17)26-21)23-12-15-8-4-2-5-9-15/h2-11,17-21H,12-14H2,1H3/t17-,18+,19+,20-,21+/m1/s1. The summed E-state index contributed by atoms with van der Waals surface area (Å²) in [6, 6.07) is 20.2. The molecular weight excluding hydrogens is 332 g/mol. The number of methoxy groups -OCH3 is 1. The smallest absolute Gasteiger partial charge is 0.187 e. The van der Waals surface area contributed by atoms with Crippen LogP contribution in [-0.2, 0) is 36.9 Å². The lowest BCUT2D eigenvalue weighted by Gasteiger charge is -2.29. The van der Waals surface area contributed by atoms with Gasteiger partial charge in [-0.3, -0.25) is 0 Å². The van der Waals surface area contributed by atoms with Crippen LogP contribution < -0.4 is 0 Å². The van der Waals surface area contributed by atoms with Gasteiger partial charge in [0.1, 0.15) is 24.4 Å². The molecule has 2 aliphatic heterocycles. The molecule has 0 unspecified atom stereocenters. The van der Waals surface area contributed by atoms with Gasteiger partial charge in [-0.05, 0) is 11.1 Å². The third-order valence-electron chi connectivity index (χ3n) is 4.87. The zero-order valence-electron chi connectivity index (χ0n) is 14.8. The second kappa shape index (κ2) is 8.29. The molecule has 2 aliphatic rings.